The molecule has 0 aliphatic carbocycles. The molecule has 1 aromatic rings. The van der Waals surface area contributed by atoms with Crippen LogP contribution < -0.4 is 5.32 Å². The number of nitrogens with one attached hydrogen (secondary N) is 1. The first-order chi connectivity index (χ1) is 8.99. The molecule has 1 aromatic carbocycles. The molecule has 1 atom stereocenters. The summed E-state index contributed by atoms with van der Waals surface area (Å²) in [6.07, 6.45) is 0. The number of halogens is 1. The number of hydrogen-bond donors (Lipinski definition) is 1. The summed E-state index contributed by atoms with van der Waals surface area (Å²) in [6, 6.07) is 3.91. The molecule has 1 rings (SSSR count). The van der Waals surface area contributed by atoms with Crippen molar-refractivity contribution in [1.82, 2.24) is 5.32 Å². The van der Waals surface area contributed by atoms with Gasteiger partial charge in [-0.05, 0) is 19.1 Å². The topological polar surface area (TPSA) is 81.5 Å². The number of hydrogen-bond acceptors (Lipinski definition) is 4. The molecule has 0 radical (unpaired) electrons. The van der Waals surface area contributed by atoms with E-state index in [4.69, 9.17) is 16.3 Å². The van der Waals surface area contributed by atoms with Crippen LogP contribution in [0.5, 0.6) is 0 Å². The minimum absolute atomic E-state index is 0.0117. The number of carbonyl (C=O) groups excluding carboxylic acids is 1. The number of carbonyl (C=O) groups is 1. The molecule has 19 heavy (non-hydrogen) atoms. The van der Waals surface area contributed by atoms with Crippen molar-refractivity contribution in [3.05, 3.63) is 39.4 Å². The smallest absolute Gasteiger partial charge is 0.272 e. The third-order valence-corrected chi connectivity index (χ3v) is 2.92. The van der Waals surface area contributed by atoms with Crippen molar-refractivity contribution < 1.29 is 14.5 Å². The Kier molecular flexibility index (Phi) is 5.72. The van der Waals surface area contributed by atoms with Crippen molar-refractivity contribution >= 4 is 23.2 Å². The van der Waals surface area contributed by atoms with Crippen LogP contribution in [-0.4, -0.2) is 36.5 Å². The summed E-state index contributed by atoms with van der Waals surface area (Å²) in [4.78, 5) is 22.1. The number of benzene rings is 1. The quantitative estimate of drug-likeness (QED) is 0.492. The number of aryl methyl sites for hydroxylation is 1. The normalized spacial score (nSPS) is 11.9. The van der Waals surface area contributed by atoms with Crippen LogP contribution in [0.25, 0.3) is 0 Å². The van der Waals surface area contributed by atoms with Crippen molar-refractivity contribution in [2.75, 3.05) is 19.6 Å². The second-order valence-electron chi connectivity index (χ2n) is 4.04. The third kappa shape index (κ3) is 4.18. The monoisotopic (exact) mass is 286 g/mol. The van der Waals surface area contributed by atoms with Crippen LogP contribution in [0, 0.1) is 17.0 Å². The Balaban J connectivity index is 2.83. The van der Waals surface area contributed by atoms with E-state index in [-0.39, 0.29) is 23.5 Å². The van der Waals surface area contributed by atoms with Gasteiger partial charge in [0, 0.05) is 30.2 Å². The molecule has 0 fully saturated rings. The number of methoxy groups -OCH3 is 1. The summed E-state index contributed by atoms with van der Waals surface area (Å²) in [7, 11) is 1.52. The zero-order valence-corrected chi connectivity index (χ0v) is 11.4. The Hall–Kier alpha value is -1.66. The Morgan fingerprint density at radius 1 is 1.58 bits per heavy atom. The van der Waals surface area contributed by atoms with Crippen molar-refractivity contribution in [1.29, 1.82) is 0 Å². The van der Waals surface area contributed by atoms with E-state index in [1.807, 2.05) is 0 Å². The van der Waals surface area contributed by atoms with Crippen molar-refractivity contribution in [2.45, 2.75) is 13.0 Å². The number of ether oxygens (including phenoxy) is 1. The summed E-state index contributed by atoms with van der Waals surface area (Å²) in [5.41, 5.74) is 0.781. The molecular formula is C12H15ClN2O4. The maximum Gasteiger partial charge on any atom is 0.272 e. The SMILES string of the molecule is COCC(CCl)NC(=O)c1ccc([N+](=O)[O-])c(C)c1. The number of nitrogens with zero attached hydrogens (tertiary/aromatic N) is 1. The summed E-state index contributed by atoms with van der Waals surface area (Å²) < 4.78 is 4.92. The Morgan fingerprint density at radius 2 is 2.26 bits per heavy atom. The Bertz CT molecular complexity index is 479. The minimum atomic E-state index is -0.483. The molecule has 0 aliphatic rings. The predicted molar refractivity (Wildman–Crippen MR) is 71.7 cm³/mol. The highest BCUT2D eigenvalue weighted by atomic mass is 35.5. The van der Waals surface area contributed by atoms with Crippen LogP contribution in [0.2, 0.25) is 0 Å². The molecule has 1 unspecified atom stereocenters. The second-order valence-corrected chi connectivity index (χ2v) is 4.35. The highest BCUT2D eigenvalue weighted by molar-refractivity contribution is 6.18. The van der Waals surface area contributed by atoms with Crippen molar-refractivity contribution in [3.63, 3.8) is 0 Å². The first kappa shape index (κ1) is 15.4. The predicted octanol–water partition coefficient (Wildman–Crippen LogP) is 1.89. The lowest BCUT2D eigenvalue weighted by atomic mass is 10.1. The highest BCUT2D eigenvalue weighted by Crippen LogP contribution is 2.18. The van der Waals surface area contributed by atoms with Gasteiger partial charge in [0.2, 0.25) is 0 Å². The molecule has 1 amide bonds. The van der Waals surface area contributed by atoms with E-state index in [0.29, 0.717) is 17.7 Å². The van der Waals surface area contributed by atoms with E-state index in [0.717, 1.165) is 0 Å². The molecule has 0 aliphatic heterocycles. The van der Waals surface area contributed by atoms with Crippen LogP contribution >= 0.6 is 11.6 Å². The number of rotatable bonds is 6. The number of nitro groups is 1. The van der Waals surface area contributed by atoms with Crippen LogP contribution in [-0.2, 0) is 4.74 Å². The van der Waals surface area contributed by atoms with Crippen LogP contribution in [0.1, 0.15) is 15.9 Å². The number of nitro benzene ring substituents is 1. The van der Waals surface area contributed by atoms with E-state index in [9.17, 15) is 14.9 Å². The Morgan fingerprint density at radius 3 is 2.74 bits per heavy atom. The minimum Gasteiger partial charge on any atom is -0.383 e. The van der Waals surface area contributed by atoms with Gasteiger partial charge < -0.3 is 10.1 Å². The lowest BCUT2D eigenvalue weighted by Crippen LogP contribution is -2.39. The molecule has 0 aromatic heterocycles. The van der Waals surface area contributed by atoms with E-state index < -0.39 is 4.92 Å². The molecule has 0 saturated heterocycles. The first-order valence-corrected chi connectivity index (χ1v) is 6.13. The molecule has 6 nitrogen and oxygen atoms in total. The molecule has 0 bridgehead atoms. The molecule has 1 N–H and O–H groups in total. The second kappa shape index (κ2) is 7.06. The van der Waals surface area contributed by atoms with Crippen LogP contribution in [0.4, 0.5) is 5.69 Å². The lowest BCUT2D eigenvalue weighted by Gasteiger charge is -2.15. The van der Waals surface area contributed by atoms with Gasteiger partial charge in [-0.2, -0.15) is 0 Å². The maximum atomic E-state index is 11.9. The largest absolute Gasteiger partial charge is 0.383 e. The van der Waals surface area contributed by atoms with Gasteiger partial charge in [-0.1, -0.05) is 0 Å². The fourth-order valence-electron chi connectivity index (χ4n) is 1.60. The molecule has 104 valence electrons. The number of alkyl halides is 1. The van der Waals surface area contributed by atoms with Gasteiger partial charge in [-0.25, -0.2) is 0 Å². The first-order valence-electron chi connectivity index (χ1n) is 5.60. The maximum absolute atomic E-state index is 11.9. The fourth-order valence-corrected chi connectivity index (χ4v) is 1.76. The molecule has 0 saturated carbocycles. The standard InChI is InChI=1S/C12H15ClN2O4/c1-8-5-9(3-4-11(8)15(17)18)12(16)14-10(6-13)7-19-2/h3-5,10H,6-7H2,1-2H3,(H,14,16). The molecular weight excluding hydrogens is 272 g/mol. The summed E-state index contributed by atoms with van der Waals surface area (Å²) >= 11 is 5.69. The zero-order valence-electron chi connectivity index (χ0n) is 10.7. The Labute approximate surface area is 115 Å². The van der Waals surface area contributed by atoms with Gasteiger partial charge in [0.15, 0.2) is 0 Å². The highest BCUT2D eigenvalue weighted by Gasteiger charge is 2.16. The summed E-state index contributed by atoms with van der Waals surface area (Å²) in [5, 5.41) is 13.4. The van der Waals surface area contributed by atoms with Gasteiger partial charge >= 0.3 is 0 Å². The van der Waals surface area contributed by atoms with Crippen molar-refractivity contribution in [2.24, 2.45) is 0 Å². The van der Waals surface area contributed by atoms with Gasteiger partial charge in [0.25, 0.3) is 11.6 Å². The lowest BCUT2D eigenvalue weighted by molar-refractivity contribution is -0.385. The summed E-state index contributed by atoms with van der Waals surface area (Å²) in [5.74, 6) is -0.105. The molecule has 0 spiro atoms. The molecule has 7 heteroatoms. The van der Waals surface area contributed by atoms with Crippen LogP contribution in [0.15, 0.2) is 18.2 Å². The third-order valence-electron chi connectivity index (χ3n) is 2.55. The van der Waals surface area contributed by atoms with Gasteiger partial charge in [0.1, 0.15) is 0 Å². The van der Waals surface area contributed by atoms with Gasteiger partial charge in [-0.3, -0.25) is 14.9 Å². The van der Waals surface area contributed by atoms with E-state index in [1.54, 1.807) is 6.92 Å². The van der Waals surface area contributed by atoms with Crippen molar-refractivity contribution in [3.8, 4) is 0 Å². The zero-order chi connectivity index (χ0) is 14.4. The van der Waals surface area contributed by atoms with E-state index >= 15 is 0 Å². The average molecular weight is 287 g/mol. The fraction of sp³-hybridized carbons (Fsp3) is 0.417. The molecule has 0 heterocycles. The van der Waals surface area contributed by atoms with Crippen LogP contribution in [0.3, 0.4) is 0 Å². The number of amides is 1. The van der Waals surface area contributed by atoms with E-state index in [2.05, 4.69) is 5.32 Å². The average Bonchev–Trinajstić information content (AvgIpc) is 2.37. The van der Waals surface area contributed by atoms with E-state index in [1.165, 1.54) is 25.3 Å². The summed E-state index contributed by atoms with van der Waals surface area (Å²) in [6.45, 7) is 1.89. The van der Waals surface area contributed by atoms with Gasteiger partial charge in [0.05, 0.1) is 17.6 Å². The van der Waals surface area contributed by atoms with Gasteiger partial charge in [-0.15, -0.1) is 11.6 Å².